The van der Waals surface area contributed by atoms with Gasteiger partial charge in [0.05, 0.1) is 18.3 Å². The van der Waals surface area contributed by atoms with Gasteiger partial charge in [0, 0.05) is 19.1 Å². The first-order valence-electron chi connectivity index (χ1n) is 6.66. The average molecular weight is 263 g/mol. The third-order valence-corrected chi connectivity index (χ3v) is 3.70. The molecular formula is C15H21NO3. The Bertz CT molecular complexity index is 472. The van der Waals surface area contributed by atoms with Gasteiger partial charge < -0.3 is 9.84 Å². The van der Waals surface area contributed by atoms with Crippen molar-refractivity contribution in [2.24, 2.45) is 0 Å². The molecule has 19 heavy (non-hydrogen) atoms. The first-order valence-corrected chi connectivity index (χ1v) is 6.66. The van der Waals surface area contributed by atoms with E-state index in [1.807, 2.05) is 13.0 Å². The van der Waals surface area contributed by atoms with Crippen LogP contribution in [-0.2, 0) is 11.3 Å². The molecule has 2 atom stereocenters. The molecule has 2 rings (SSSR count). The summed E-state index contributed by atoms with van der Waals surface area (Å²) in [6, 6.07) is 5.74. The van der Waals surface area contributed by atoms with Gasteiger partial charge in [0.1, 0.15) is 0 Å². The Morgan fingerprint density at radius 3 is 2.84 bits per heavy atom. The minimum Gasteiger partial charge on any atom is -0.478 e. The molecule has 1 aromatic rings. The molecule has 0 saturated carbocycles. The van der Waals surface area contributed by atoms with Crippen molar-refractivity contribution in [3.8, 4) is 0 Å². The zero-order valence-electron chi connectivity index (χ0n) is 11.7. The quantitative estimate of drug-likeness (QED) is 0.909. The summed E-state index contributed by atoms with van der Waals surface area (Å²) in [4.78, 5) is 13.3. The highest BCUT2D eigenvalue weighted by Crippen LogP contribution is 2.18. The number of carbonyl (C=O) groups is 1. The van der Waals surface area contributed by atoms with Gasteiger partial charge in [-0.25, -0.2) is 4.79 Å². The van der Waals surface area contributed by atoms with Crippen LogP contribution in [0.15, 0.2) is 18.2 Å². The summed E-state index contributed by atoms with van der Waals surface area (Å²) in [5.41, 5.74) is 2.57. The number of benzene rings is 1. The molecule has 0 bridgehead atoms. The van der Waals surface area contributed by atoms with Crippen molar-refractivity contribution in [1.29, 1.82) is 0 Å². The third kappa shape index (κ3) is 3.33. The molecule has 1 N–H and O–H groups in total. The Hall–Kier alpha value is -1.39. The number of aryl methyl sites for hydroxylation is 1. The van der Waals surface area contributed by atoms with Gasteiger partial charge in [-0.3, -0.25) is 4.90 Å². The summed E-state index contributed by atoms with van der Waals surface area (Å²) >= 11 is 0. The van der Waals surface area contributed by atoms with Crippen molar-refractivity contribution < 1.29 is 14.6 Å². The van der Waals surface area contributed by atoms with Crippen LogP contribution in [0.25, 0.3) is 0 Å². The maximum absolute atomic E-state index is 10.9. The van der Waals surface area contributed by atoms with E-state index in [-0.39, 0.29) is 6.10 Å². The lowest BCUT2D eigenvalue weighted by Crippen LogP contribution is -2.46. The predicted molar refractivity (Wildman–Crippen MR) is 73.4 cm³/mol. The van der Waals surface area contributed by atoms with Crippen LogP contribution in [0.5, 0.6) is 0 Å². The molecule has 1 aliphatic rings. The van der Waals surface area contributed by atoms with Gasteiger partial charge in [-0.15, -0.1) is 0 Å². The van der Waals surface area contributed by atoms with Crippen LogP contribution in [0.4, 0.5) is 0 Å². The number of carboxylic acid groups (broad SMARTS) is 1. The highest BCUT2D eigenvalue weighted by Gasteiger charge is 2.23. The van der Waals surface area contributed by atoms with Crippen molar-refractivity contribution in [2.45, 2.75) is 39.5 Å². The third-order valence-electron chi connectivity index (χ3n) is 3.70. The SMILES string of the molecule is Cc1cc(C(=O)O)ccc1CN1CC(C)OCC1C. The fourth-order valence-electron chi connectivity index (χ4n) is 2.42. The van der Waals surface area contributed by atoms with E-state index < -0.39 is 5.97 Å². The summed E-state index contributed by atoms with van der Waals surface area (Å²) in [6.07, 6.45) is 0.259. The Kier molecular flexibility index (Phi) is 4.22. The summed E-state index contributed by atoms with van der Waals surface area (Å²) in [6.45, 7) is 8.73. The Labute approximate surface area is 114 Å². The van der Waals surface area contributed by atoms with Crippen molar-refractivity contribution in [1.82, 2.24) is 4.90 Å². The van der Waals surface area contributed by atoms with Crippen molar-refractivity contribution in [3.63, 3.8) is 0 Å². The first kappa shape index (κ1) is 14.0. The van der Waals surface area contributed by atoms with Crippen molar-refractivity contribution in [2.75, 3.05) is 13.2 Å². The molecule has 104 valence electrons. The van der Waals surface area contributed by atoms with Gasteiger partial charge >= 0.3 is 5.97 Å². The van der Waals surface area contributed by atoms with E-state index in [1.54, 1.807) is 12.1 Å². The van der Waals surface area contributed by atoms with Crippen LogP contribution in [0.2, 0.25) is 0 Å². The van der Waals surface area contributed by atoms with E-state index in [2.05, 4.69) is 18.7 Å². The van der Waals surface area contributed by atoms with E-state index >= 15 is 0 Å². The van der Waals surface area contributed by atoms with Crippen molar-refractivity contribution in [3.05, 3.63) is 34.9 Å². The largest absolute Gasteiger partial charge is 0.478 e. The number of rotatable bonds is 3. The standard InChI is InChI=1S/C15H21NO3/c1-10-6-13(15(17)18)4-5-14(10)8-16-7-12(3)19-9-11(16)2/h4-6,11-12H,7-9H2,1-3H3,(H,17,18). The minimum absolute atomic E-state index is 0.259. The van der Waals surface area contributed by atoms with Gasteiger partial charge in [-0.2, -0.15) is 0 Å². The number of nitrogens with zero attached hydrogens (tertiary/aromatic N) is 1. The molecule has 0 radical (unpaired) electrons. The second-order valence-electron chi connectivity index (χ2n) is 5.37. The highest BCUT2D eigenvalue weighted by atomic mass is 16.5. The first-order chi connectivity index (χ1) is 8.97. The Balaban J connectivity index is 2.12. The molecular weight excluding hydrogens is 242 g/mol. The van der Waals surface area contributed by atoms with Gasteiger partial charge in [0.2, 0.25) is 0 Å². The van der Waals surface area contributed by atoms with Crippen LogP contribution in [0.1, 0.15) is 35.3 Å². The lowest BCUT2D eigenvalue weighted by molar-refractivity contribution is -0.0527. The number of morpholine rings is 1. The van der Waals surface area contributed by atoms with Gasteiger partial charge in [-0.1, -0.05) is 6.07 Å². The molecule has 1 aromatic carbocycles. The predicted octanol–water partition coefficient (Wildman–Crippen LogP) is 2.30. The van der Waals surface area contributed by atoms with Gasteiger partial charge in [-0.05, 0) is 44.0 Å². The molecule has 0 spiro atoms. The van der Waals surface area contributed by atoms with E-state index in [0.29, 0.717) is 11.6 Å². The fraction of sp³-hybridized carbons (Fsp3) is 0.533. The monoisotopic (exact) mass is 263 g/mol. The topological polar surface area (TPSA) is 49.8 Å². The molecule has 1 aliphatic heterocycles. The van der Waals surface area contributed by atoms with Crippen LogP contribution in [0.3, 0.4) is 0 Å². The number of hydrogen-bond acceptors (Lipinski definition) is 3. The number of aromatic carboxylic acids is 1. The summed E-state index contributed by atoms with van der Waals surface area (Å²) < 4.78 is 5.62. The molecule has 1 heterocycles. The summed E-state index contributed by atoms with van der Waals surface area (Å²) in [5, 5.41) is 8.97. The molecule has 1 saturated heterocycles. The zero-order chi connectivity index (χ0) is 14.0. The normalized spacial score (nSPS) is 24.4. The number of carboxylic acids is 1. The molecule has 0 aliphatic carbocycles. The Morgan fingerprint density at radius 2 is 2.21 bits per heavy atom. The van der Waals surface area contributed by atoms with E-state index in [1.165, 1.54) is 5.56 Å². The molecule has 4 nitrogen and oxygen atoms in total. The smallest absolute Gasteiger partial charge is 0.335 e. The average Bonchev–Trinajstić information content (AvgIpc) is 2.36. The molecule has 4 heteroatoms. The second kappa shape index (κ2) is 5.72. The van der Waals surface area contributed by atoms with Gasteiger partial charge in [0.25, 0.3) is 0 Å². The second-order valence-corrected chi connectivity index (χ2v) is 5.37. The van der Waals surface area contributed by atoms with E-state index in [4.69, 9.17) is 9.84 Å². The van der Waals surface area contributed by atoms with Crippen LogP contribution < -0.4 is 0 Å². The van der Waals surface area contributed by atoms with E-state index in [0.717, 1.165) is 25.3 Å². The highest BCUT2D eigenvalue weighted by molar-refractivity contribution is 5.87. The zero-order valence-corrected chi connectivity index (χ0v) is 11.7. The van der Waals surface area contributed by atoms with Crippen LogP contribution >= 0.6 is 0 Å². The minimum atomic E-state index is -0.872. The lowest BCUT2D eigenvalue weighted by atomic mass is 10.0. The van der Waals surface area contributed by atoms with E-state index in [9.17, 15) is 4.79 Å². The Morgan fingerprint density at radius 1 is 1.47 bits per heavy atom. The molecule has 2 unspecified atom stereocenters. The number of ether oxygens (including phenoxy) is 1. The molecule has 0 aromatic heterocycles. The maximum Gasteiger partial charge on any atom is 0.335 e. The number of hydrogen-bond donors (Lipinski definition) is 1. The molecule has 1 fully saturated rings. The fourth-order valence-corrected chi connectivity index (χ4v) is 2.42. The van der Waals surface area contributed by atoms with Crippen LogP contribution in [-0.4, -0.2) is 41.3 Å². The van der Waals surface area contributed by atoms with Crippen LogP contribution in [0, 0.1) is 6.92 Å². The van der Waals surface area contributed by atoms with Gasteiger partial charge in [0.15, 0.2) is 0 Å². The van der Waals surface area contributed by atoms with Crippen molar-refractivity contribution >= 4 is 5.97 Å². The lowest BCUT2D eigenvalue weighted by Gasteiger charge is -2.37. The maximum atomic E-state index is 10.9. The summed E-state index contributed by atoms with van der Waals surface area (Å²) in [7, 11) is 0. The molecule has 0 amide bonds. The summed E-state index contributed by atoms with van der Waals surface area (Å²) in [5.74, 6) is -0.872.